The molecule has 102 valence electrons. The molecule has 0 unspecified atom stereocenters. The molecule has 0 N–H and O–H groups in total. The highest BCUT2D eigenvalue weighted by Gasteiger charge is 2.11. The van der Waals surface area contributed by atoms with Crippen LogP contribution in [0.25, 0.3) is 27.9 Å². The predicted octanol–water partition coefficient (Wildman–Crippen LogP) is 2.30. The van der Waals surface area contributed by atoms with Gasteiger partial charge in [0.15, 0.2) is 11.5 Å². The molecule has 0 amide bonds. The smallest absolute Gasteiger partial charge is 0.172 e. The summed E-state index contributed by atoms with van der Waals surface area (Å²) in [7, 11) is 0. The third-order valence-electron chi connectivity index (χ3n) is 3.43. The topological polar surface area (TPSA) is 68.9 Å². The lowest BCUT2D eigenvalue weighted by atomic mass is 10.2. The van der Waals surface area contributed by atoms with Gasteiger partial charge >= 0.3 is 0 Å². The second kappa shape index (κ2) is 4.59. The second-order valence-corrected chi connectivity index (χ2v) is 4.72. The van der Waals surface area contributed by atoms with Crippen molar-refractivity contribution in [3.05, 3.63) is 48.8 Å². The molecule has 0 spiro atoms. The van der Waals surface area contributed by atoms with Gasteiger partial charge in [0.1, 0.15) is 12.2 Å². The van der Waals surface area contributed by atoms with Crippen LogP contribution in [0.4, 0.5) is 0 Å². The van der Waals surface area contributed by atoms with Crippen molar-refractivity contribution in [3.8, 4) is 11.4 Å². The van der Waals surface area contributed by atoms with Crippen LogP contribution in [0.15, 0.2) is 43.0 Å². The van der Waals surface area contributed by atoms with Crippen molar-refractivity contribution < 1.29 is 0 Å². The fourth-order valence-electron chi connectivity index (χ4n) is 2.33. The quantitative estimate of drug-likeness (QED) is 0.562. The zero-order chi connectivity index (χ0) is 14.2. The third kappa shape index (κ3) is 1.84. The van der Waals surface area contributed by atoms with E-state index >= 15 is 0 Å². The Morgan fingerprint density at radius 2 is 1.81 bits per heavy atom. The van der Waals surface area contributed by atoms with Crippen molar-refractivity contribution in [3.63, 3.8) is 0 Å². The Morgan fingerprint density at radius 3 is 2.62 bits per heavy atom. The lowest BCUT2D eigenvalue weighted by Gasteiger charge is -2.02. The monoisotopic (exact) mass is 276 g/mol. The Morgan fingerprint density at radius 1 is 1.00 bits per heavy atom. The summed E-state index contributed by atoms with van der Waals surface area (Å²) in [4.78, 5) is 13.1. The Kier molecular flexibility index (Phi) is 2.60. The van der Waals surface area contributed by atoms with Crippen LogP contribution >= 0.6 is 0 Å². The van der Waals surface area contributed by atoms with E-state index in [1.165, 1.54) is 0 Å². The van der Waals surface area contributed by atoms with Crippen molar-refractivity contribution in [2.75, 3.05) is 0 Å². The molecule has 0 bridgehead atoms. The van der Waals surface area contributed by atoms with Gasteiger partial charge in [-0.15, -0.1) is 10.2 Å². The summed E-state index contributed by atoms with van der Waals surface area (Å²) in [6.45, 7) is 2.03. The average Bonchev–Trinajstić information content (AvgIpc) is 2.99. The highest BCUT2D eigenvalue weighted by atomic mass is 15.3. The number of para-hydroxylation sites is 1. The first kappa shape index (κ1) is 11.9. The molecular formula is C15H12N6. The van der Waals surface area contributed by atoms with Crippen LogP contribution in [0.1, 0.15) is 12.7 Å². The van der Waals surface area contributed by atoms with E-state index in [0.717, 1.165) is 34.4 Å². The summed E-state index contributed by atoms with van der Waals surface area (Å²) < 4.78 is 1.87. The summed E-state index contributed by atoms with van der Waals surface area (Å²) in [6.07, 6.45) is 6.10. The maximum absolute atomic E-state index is 4.44. The molecule has 4 rings (SSSR count). The number of aryl methyl sites for hydroxylation is 1. The number of aromatic nitrogens is 6. The first-order valence-electron chi connectivity index (χ1n) is 6.76. The Balaban J connectivity index is 1.95. The van der Waals surface area contributed by atoms with Gasteiger partial charge in [0.05, 0.1) is 11.1 Å². The molecule has 0 aliphatic rings. The summed E-state index contributed by atoms with van der Waals surface area (Å²) in [6, 6.07) is 7.88. The standard InChI is InChI=1S/C15H12N6/c1-2-13-16-7-10(8-17-13)14-19-20-15-11-5-3-4-6-12(11)18-9-21(14)15/h3-9H,2H2,1H3. The average molecular weight is 276 g/mol. The van der Waals surface area contributed by atoms with E-state index in [1.807, 2.05) is 35.6 Å². The molecule has 0 aliphatic carbocycles. The van der Waals surface area contributed by atoms with Gasteiger partial charge < -0.3 is 0 Å². The minimum atomic E-state index is 0.700. The van der Waals surface area contributed by atoms with Gasteiger partial charge in [-0.2, -0.15) is 0 Å². The lowest BCUT2D eigenvalue weighted by molar-refractivity contribution is 0.936. The third-order valence-corrected chi connectivity index (χ3v) is 3.43. The van der Waals surface area contributed by atoms with Crippen LogP contribution in [0.3, 0.4) is 0 Å². The summed E-state index contributed by atoms with van der Waals surface area (Å²) in [5.74, 6) is 1.52. The molecule has 6 nitrogen and oxygen atoms in total. The SMILES string of the molecule is CCc1ncc(-c2nnc3c4ccccc4ncn23)cn1. The normalized spacial score (nSPS) is 11.3. The number of hydrogen-bond donors (Lipinski definition) is 0. The lowest BCUT2D eigenvalue weighted by Crippen LogP contribution is -1.96. The van der Waals surface area contributed by atoms with Crippen LogP contribution < -0.4 is 0 Å². The van der Waals surface area contributed by atoms with E-state index in [9.17, 15) is 0 Å². The fourth-order valence-corrected chi connectivity index (χ4v) is 2.33. The molecule has 3 heterocycles. The van der Waals surface area contributed by atoms with Crippen molar-refractivity contribution in [2.24, 2.45) is 0 Å². The zero-order valence-electron chi connectivity index (χ0n) is 11.4. The Labute approximate surface area is 120 Å². The van der Waals surface area contributed by atoms with E-state index in [4.69, 9.17) is 0 Å². The van der Waals surface area contributed by atoms with Gasteiger partial charge in [0, 0.05) is 24.2 Å². The number of fused-ring (bicyclic) bond motifs is 3. The maximum Gasteiger partial charge on any atom is 0.172 e. The van der Waals surface area contributed by atoms with Crippen LogP contribution in [-0.2, 0) is 6.42 Å². The highest BCUT2D eigenvalue weighted by Crippen LogP contribution is 2.21. The van der Waals surface area contributed by atoms with E-state index in [1.54, 1.807) is 18.7 Å². The molecule has 0 atom stereocenters. The minimum Gasteiger partial charge on any atom is -0.265 e. The van der Waals surface area contributed by atoms with Crippen molar-refractivity contribution >= 4 is 16.6 Å². The van der Waals surface area contributed by atoms with E-state index in [2.05, 4.69) is 25.1 Å². The highest BCUT2D eigenvalue weighted by molar-refractivity contribution is 5.91. The van der Waals surface area contributed by atoms with Gasteiger partial charge in [-0.3, -0.25) is 4.40 Å². The van der Waals surface area contributed by atoms with Crippen LogP contribution in [0.5, 0.6) is 0 Å². The minimum absolute atomic E-state index is 0.700. The zero-order valence-corrected chi connectivity index (χ0v) is 11.4. The van der Waals surface area contributed by atoms with Gasteiger partial charge in [-0.25, -0.2) is 15.0 Å². The summed E-state index contributed by atoms with van der Waals surface area (Å²) in [5, 5.41) is 9.52. The molecule has 0 saturated heterocycles. The second-order valence-electron chi connectivity index (χ2n) is 4.72. The molecular weight excluding hydrogens is 264 g/mol. The van der Waals surface area contributed by atoms with Gasteiger partial charge in [-0.05, 0) is 12.1 Å². The molecule has 4 aromatic rings. The van der Waals surface area contributed by atoms with E-state index < -0.39 is 0 Å². The number of hydrogen-bond acceptors (Lipinski definition) is 5. The fraction of sp³-hybridized carbons (Fsp3) is 0.133. The van der Waals surface area contributed by atoms with Gasteiger partial charge in [-0.1, -0.05) is 19.1 Å². The molecule has 0 radical (unpaired) electrons. The van der Waals surface area contributed by atoms with Crippen LogP contribution in [0, 0.1) is 0 Å². The van der Waals surface area contributed by atoms with Crippen molar-refractivity contribution in [1.82, 2.24) is 29.5 Å². The summed E-state index contributed by atoms with van der Waals surface area (Å²) >= 11 is 0. The van der Waals surface area contributed by atoms with Crippen LogP contribution in [-0.4, -0.2) is 29.5 Å². The molecule has 3 aromatic heterocycles. The molecule has 0 saturated carbocycles. The number of rotatable bonds is 2. The maximum atomic E-state index is 4.44. The van der Waals surface area contributed by atoms with Crippen LogP contribution in [0.2, 0.25) is 0 Å². The predicted molar refractivity (Wildman–Crippen MR) is 78.7 cm³/mol. The largest absolute Gasteiger partial charge is 0.265 e. The number of benzene rings is 1. The molecule has 21 heavy (non-hydrogen) atoms. The van der Waals surface area contributed by atoms with Crippen molar-refractivity contribution in [2.45, 2.75) is 13.3 Å². The molecule has 0 aliphatic heterocycles. The van der Waals surface area contributed by atoms with E-state index in [-0.39, 0.29) is 0 Å². The first-order valence-corrected chi connectivity index (χ1v) is 6.76. The molecule has 6 heteroatoms. The molecule has 0 fully saturated rings. The first-order chi connectivity index (χ1) is 10.4. The van der Waals surface area contributed by atoms with Gasteiger partial charge in [0.2, 0.25) is 0 Å². The number of nitrogens with zero attached hydrogens (tertiary/aromatic N) is 6. The van der Waals surface area contributed by atoms with E-state index in [0.29, 0.717) is 5.82 Å². The molecule has 1 aromatic carbocycles. The Hall–Kier alpha value is -2.89. The Bertz CT molecular complexity index is 926. The van der Waals surface area contributed by atoms with Gasteiger partial charge in [0.25, 0.3) is 0 Å². The van der Waals surface area contributed by atoms with Crippen molar-refractivity contribution in [1.29, 1.82) is 0 Å². The summed E-state index contributed by atoms with van der Waals surface area (Å²) in [5.41, 5.74) is 2.52.